The highest BCUT2D eigenvalue weighted by molar-refractivity contribution is 6.34. The van der Waals surface area contributed by atoms with Gasteiger partial charge in [0, 0.05) is 50.6 Å². The number of hydrogen-bond acceptors (Lipinski definition) is 2. The Morgan fingerprint density at radius 2 is 0.721 bits per heavy atom. The molecule has 61 heavy (non-hydrogen) atoms. The lowest BCUT2D eigenvalue weighted by Crippen LogP contribution is -2.09. The summed E-state index contributed by atoms with van der Waals surface area (Å²) in [5.74, 6) is 0. The normalized spacial score (nSPS) is 11.6. The van der Waals surface area contributed by atoms with Crippen LogP contribution < -0.4 is 9.80 Å². The zero-order valence-corrected chi connectivity index (χ0v) is 33.4. The van der Waals surface area contributed by atoms with Crippen molar-refractivity contribution < 1.29 is 0 Å². The molecule has 1 aromatic heterocycles. The van der Waals surface area contributed by atoms with Crippen LogP contribution in [0.2, 0.25) is 0 Å². The molecule has 3 heteroatoms. The Kier molecular flexibility index (Phi) is 8.17. The standard InChI is InChI=1S/C58H39N3/c1-6-16-43(17-7-1)59(44-18-8-2-9-19-44)48-31-26-40(27-32-48)50-34-28-41-29-36-53-57-42(30-35-51(50)56(41)57)38-55-58(53)52-37-33-49(39-54(52)61(55)47-24-14-5-15-25-47)60(45-20-10-3-11-21-45)46-22-12-4-13-23-46/h1-39H. The molecule has 0 spiro atoms. The highest BCUT2D eigenvalue weighted by atomic mass is 15.1. The molecule has 0 fully saturated rings. The lowest BCUT2D eigenvalue weighted by molar-refractivity contribution is 1.18. The van der Waals surface area contributed by atoms with Crippen molar-refractivity contribution in [1.29, 1.82) is 0 Å². The van der Waals surface area contributed by atoms with Gasteiger partial charge in [-0.3, -0.25) is 0 Å². The second kappa shape index (κ2) is 14.3. The van der Waals surface area contributed by atoms with E-state index in [0.717, 1.165) is 39.8 Å². The summed E-state index contributed by atoms with van der Waals surface area (Å²) in [6.07, 6.45) is 0. The van der Waals surface area contributed by atoms with Crippen molar-refractivity contribution in [3.8, 4) is 16.8 Å². The van der Waals surface area contributed by atoms with Gasteiger partial charge in [0.25, 0.3) is 0 Å². The maximum absolute atomic E-state index is 2.46. The minimum Gasteiger partial charge on any atom is -0.311 e. The van der Waals surface area contributed by atoms with Gasteiger partial charge >= 0.3 is 0 Å². The molecule has 12 aromatic rings. The lowest BCUT2D eigenvalue weighted by atomic mass is 9.88. The smallest absolute Gasteiger partial charge is 0.0562 e. The fraction of sp³-hybridized carbons (Fsp3) is 0. The Morgan fingerprint density at radius 3 is 1.31 bits per heavy atom. The fourth-order valence-corrected chi connectivity index (χ4v) is 9.61. The summed E-state index contributed by atoms with van der Waals surface area (Å²) in [6.45, 7) is 0. The van der Waals surface area contributed by atoms with E-state index in [1.807, 2.05) is 0 Å². The first-order valence-corrected chi connectivity index (χ1v) is 20.9. The van der Waals surface area contributed by atoms with Gasteiger partial charge in [0.1, 0.15) is 0 Å². The molecule has 0 aliphatic carbocycles. The largest absolute Gasteiger partial charge is 0.311 e. The third-order valence-corrected chi connectivity index (χ3v) is 12.3. The first-order valence-electron chi connectivity index (χ1n) is 20.9. The molecule has 11 aromatic carbocycles. The topological polar surface area (TPSA) is 11.4 Å². The third kappa shape index (κ3) is 5.74. The van der Waals surface area contributed by atoms with Gasteiger partial charge in [-0.15, -0.1) is 0 Å². The van der Waals surface area contributed by atoms with E-state index in [2.05, 4.69) is 251 Å². The highest BCUT2D eigenvalue weighted by Crippen LogP contribution is 2.47. The molecule has 0 unspecified atom stereocenters. The number of hydrogen-bond donors (Lipinski definition) is 0. The van der Waals surface area contributed by atoms with E-state index in [-0.39, 0.29) is 0 Å². The molecular weight excluding hydrogens is 739 g/mol. The van der Waals surface area contributed by atoms with Crippen LogP contribution in [0, 0.1) is 0 Å². The van der Waals surface area contributed by atoms with Crippen LogP contribution in [0.4, 0.5) is 34.1 Å². The van der Waals surface area contributed by atoms with Gasteiger partial charge < -0.3 is 14.4 Å². The van der Waals surface area contributed by atoms with Crippen LogP contribution in [0.5, 0.6) is 0 Å². The summed E-state index contributed by atoms with van der Waals surface area (Å²) in [4.78, 5) is 4.66. The molecule has 0 N–H and O–H groups in total. The molecule has 0 aliphatic rings. The monoisotopic (exact) mass is 777 g/mol. The molecule has 0 saturated carbocycles. The van der Waals surface area contributed by atoms with Crippen molar-refractivity contribution in [1.82, 2.24) is 4.57 Å². The SMILES string of the molecule is c1ccc(N(c2ccccc2)c2ccc(-c3ccc4ccc5c6c(ccc3c46)cc3c5c4ccc(N(c5ccccc5)c5ccccc5)cc4n3-c3ccccc3)cc2)cc1. The number of benzene rings is 11. The molecule has 3 nitrogen and oxygen atoms in total. The zero-order chi connectivity index (χ0) is 40.3. The number of rotatable bonds is 8. The Balaban J connectivity index is 1.05. The van der Waals surface area contributed by atoms with E-state index in [4.69, 9.17) is 0 Å². The Hall–Kier alpha value is -8.14. The first kappa shape index (κ1) is 34.9. The van der Waals surface area contributed by atoms with Crippen LogP contribution >= 0.6 is 0 Å². The molecule has 1 heterocycles. The zero-order valence-electron chi connectivity index (χ0n) is 33.4. The quantitative estimate of drug-likeness (QED) is 0.142. The maximum Gasteiger partial charge on any atom is 0.0562 e. The fourth-order valence-electron chi connectivity index (χ4n) is 9.61. The molecular formula is C58H39N3. The minimum atomic E-state index is 1.11. The lowest BCUT2D eigenvalue weighted by Gasteiger charge is -2.25. The van der Waals surface area contributed by atoms with Gasteiger partial charge in [-0.25, -0.2) is 0 Å². The van der Waals surface area contributed by atoms with Crippen LogP contribution in [0.25, 0.3) is 70.9 Å². The Labute approximate surface area is 354 Å². The van der Waals surface area contributed by atoms with Crippen LogP contribution in [0.15, 0.2) is 237 Å². The summed E-state index contributed by atoms with van der Waals surface area (Å²) >= 11 is 0. The summed E-state index contributed by atoms with van der Waals surface area (Å²) in [5, 5.41) is 10.2. The van der Waals surface area contributed by atoms with E-state index in [1.165, 1.54) is 65.3 Å². The van der Waals surface area contributed by atoms with Crippen LogP contribution in [-0.4, -0.2) is 4.57 Å². The van der Waals surface area contributed by atoms with Crippen LogP contribution in [0.3, 0.4) is 0 Å². The number of anilines is 6. The molecule has 286 valence electrons. The highest BCUT2D eigenvalue weighted by Gasteiger charge is 2.22. The van der Waals surface area contributed by atoms with Crippen LogP contribution in [0.1, 0.15) is 0 Å². The van der Waals surface area contributed by atoms with Gasteiger partial charge in [0.2, 0.25) is 0 Å². The van der Waals surface area contributed by atoms with E-state index >= 15 is 0 Å². The number of para-hydroxylation sites is 5. The second-order valence-corrected chi connectivity index (χ2v) is 15.7. The van der Waals surface area contributed by atoms with Gasteiger partial charge in [-0.2, -0.15) is 0 Å². The van der Waals surface area contributed by atoms with E-state index in [0.29, 0.717) is 0 Å². The molecule has 12 rings (SSSR count). The molecule has 0 aliphatic heterocycles. The molecule has 0 bridgehead atoms. The Morgan fingerprint density at radius 1 is 0.279 bits per heavy atom. The predicted molar refractivity (Wildman–Crippen MR) is 259 cm³/mol. The van der Waals surface area contributed by atoms with E-state index in [9.17, 15) is 0 Å². The van der Waals surface area contributed by atoms with Gasteiger partial charge in [-0.05, 0) is 134 Å². The summed E-state index contributed by atoms with van der Waals surface area (Å²) in [7, 11) is 0. The molecule has 0 atom stereocenters. The first-order chi connectivity index (χ1) is 30.3. The van der Waals surface area contributed by atoms with Gasteiger partial charge in [0.05, 0.1) is 11.0 Å². The average molecular weight is 778 g/mol. The van der Waals surface area contributed by atoms with Crippen LogP contribution in [-0.2, 0) is 0 Å². The van der Waals surface area contributed by atoms with Crippen molar-refractivity contribution >= 4 is 88.2 Å². The third-order valence-electron chi connectivity index (χ3n) is 12.3. The number of aromatic nitrogens is 1. The van der Waals surface area contributed by atoms with Crippen molar-refractivity contribution in [2.24, 2.45) is 0 Å². The second-order valence-electron chi connectivity index (χ2n) is 15.7. The van der Waals surface area contributed by atoms with Crippen molar-refractivity contribution in [2.45, 2.75) is 0 Å². The van der Waals surface area contributed by atoms with E-state index < -0.39 is 0 Å². The minimum absolute atomic E-state index is 1.11. The van der Waals surface area contributed by atoms with Gasteiger partial charge in [-0.1, -0.05) is 146 Å². The van der Waals surface area contributed by atoms with Crippen molar-refractivity contribution in [2.75, 3.05) is 9.80 Å². The molecule has 0 saturated heterocycles. The van der Waals surface area contributed by atoms with Crippen molar-refractivity contribution in [3.05, 3.63) is 237 Å². The average Bonchev–Trinajstić information content (AvgIpc) is 3.66. The Bertz CT molecular complexity index is 3410. The van der Waals surface area contributed by atoms with Crippen molar-refractivity contribution in [3.63, 3.8) is 0 Å². The maximum atomic E-state index is 2.46. The summed E-state index contributed by atoms with van der Waals surface area (Å²) < 4.78 is 2.46. The molecule has 0 amide bonds. The predicted octanol–water partition coefficient (Wildman–Crippen LogP) is 16.3. The van der Waals surface area contributed by atoms with E-state index in [1.54, 1.807) is 0 Å². The van der Waals surface area contributed by atoms with Gasteiger partial charge in [0.15, 0.2) is 0 Å². The summed E-state index contributed by atoms with van der Waals surface area (Å²) in [6, 6.07) is 85.7. The molecule has 0 radical (unpaired) electrons. The number of nitrogens with zero attached hydrogens (tertiary/aromatic N) is 3. The summed E-state index contributed by atoms with van der Waals surface area (Å²) in [5.41, 5.74) is 12.7. The number of fused-ring (bicyclic) bond motifs is 4.